The Kier molecular flexibility index (Phi) is 3.57. The first kappa shape index (κ1) is 11.1. The van der Waals surface area contributed by atoms with E-state index in [0.29, 0.717) is 0 Å². The number of piperidine rings is 1. The molecule has 2 atom stereocenters. The van der Waals surface area contributed by atoms with Crippen molar-refractivity contribution in [1.29, 1.82) is 0 Å². The van der Waals surface area contributed by atoms with Crippen LogP contribution in [0.4, 0.5) is 0 Å². The molecular weight excluding hydrogens is 202 g/mol. The lowest BCUT2D eigenvalue weighted by atomic mass is 9.85. The van der Waals surface area contributed by atoms with E-state index < -0.39 is 0 Å². The first-order valence-electron chi connectivity index (χ1n) is 5.69. The second kappa shape index (κ2) is 5.12. The van der Waals surface area contributed by atoms with Gasteiger partial charge in [0.2, 0.25) is 0 Å². The van der Waals surface area contributed by atoms with Gasteiger partial charge in [-0.3, -0.25) is 4.79 Å². The number of methoxy groups -OCH3 is 1. The zero-order chi connectivity index (χ0) is 11.4. The summed E-state index contributed by atoms with van der Waals surface area (Å²) in [5, 5.41) is 3.24. The van der Waals surface area contributed by atoms with E-state index >= 15 is 0 Å². The molecule has 1 fully saturated rings. The van der Waals surface area contributed by atoms with E-state index in [1.54, 1.807) is 0 Å². The number of nitrogens with one attached hydrogen (secondary N) is 1. The molecule has 1 aliphatic rings. The van der Waals surface area contributed by atoms with Crippen LogP contribution in [0.3, 0.4) is 0 Å². The number of hydrogen-bond acceptors (Lipinski definition) is 3. The Balaban J connectivity index is 2.20. The van der Waals surface area contributed by atoms with Crippen LogP contribution < -0.4 is 5.32 Å². The molecule has 0 radical (unpaired) electrons. The summed E-state index contributed by atoms with van der Waals surface area (Å²) >= 11 is 0. The summed E-state index contributed by atoms with van der Waals surface area (Å²) in [6, 6.07) is 9.98. The minimum absolute atomic E-state index is 0.159. The van der Waals surface area contributed by atoms with E-state index in [9.17, 15) is 4.79 Å². The number of carbonyl (C=O) groups is 1. The summed E-state index contributed by atoms with van der Waals surface area (Å²) in [4.78, 5) is 11.7. The predicted molar refractivity (Wildman–Crippen MR) is 62.2 cm³/mol. The van der Waals surface area contributed by atoms with Gasteiger partial charge in [0.05, 0.1) is 7.11 Å². The summed E-state index contributed by atoms with van der Waals surface area (Å²) in [5.41, 5.74) is 1.21. The molecular formula is C13H17NO2. The fourth-order valence-corrected chi connectivity index (χ4v) is 2.32. The molecule has 0 aromatic heterocycles. The van der Waals surface area contributed by atoms with Gasteiger partial charge in [-0.05, 0) is 24.9 Å². The fourth-order valence-electron chi connectivity index (χ4n) is 2.32. The van der Waals surface area contributed by atoms with Crippen LogP contribution in [-0.2, 0) is 9.53 Å². The Morgan fingerprint density at radius 2 is 2.12 bits per heavy atom. The van der Waals surface area contributed by atoms with E-state index in [-0.39, 0.29) is 17.9 Å². The molecule has 0 saturated carbocycles. The summed E-state index contributed by atoms with van der Waals surface area (Å²) in [6.07, 6.45) is 2.14. The number of hydrogen-bond donors (Lipinski definition) is 1. The zero-order valence-electron chi connectivity index (χ0n) is 9.48. The number of ether oxygens (including phenoxy) is 1. The Morgan fingerprint density at radius 3 is 2.81 bits per heavy atom. The van der Waals surface area contributed by atoms with Crippen molar-refractivity contribution in [3.05, 3.63) is 35.9 Å². The van der Waals surface area contributed by atoms with Crippen LogP contribution in [0.25, 0.3) is 0 Å². The highest BCUT2D eigenvalue weighted by Gasteiger charge is 2.32. The van der Waals surface area contributed by atoms with Crippen LogP contribution in [0.2, 0.25) is 0 Å². The number of benzene rings is 1. The first-order chi connectivity index (χ1) is 7.83. The van der Waals surface area contributed by atoms with Gasteiger partial charge in [0, 0.05) is 5.92 Å². The van der Waals surface area contributed by atoms with E-state index in [0.717, 1.165) is 19.4 Å². The Morgan fingerprint density at radius 1 is 1.38 bits per heavy atom. The molecule has 1 aromatic rings. The lowest BCUT2D eigenvalue weighted by Crippen LogP contribution is -2.46. The topological polar surface area (TPSA) is 38.3 Å². The van der Waals surface area contributed by atoms with Gasteiger partial charge in [-0.25, -0.2) is 0 Å². The molecule has 1 N–H and O–H groups in total. The van der Waals surface area contributed by atoms with Crippen LogP contribution >= 0.6 is 0 Å². The fraction of sp³-hybridized carbons (Fsp3) is 0.462. The van der Waals surface area contributed by atoms with Gasteiger partial charge in [-0.1, -0.05) is 30.3 Å². The monoisotopic (exact) mass is 219 g/mol. The molecule has 86 valence electrons. The van der Waals surface area contributed by atoms with Crippen LogP contribution in [-0.4, -0.2) is 25.7 Å². The summed E-state index contributed by atoms with van der Waals surface area (Å²) in [5.74, 6) is 0.0796. The number of carbonyl (C=O) groups excluding carboxylic acids is 1. The standard InChI is InChI=1S/C13H17NO2/c1-16-13(15)12-11(8-5-9-14-12)10-6-3-2-4-7-10/h2-4,6-7,11-12,14H,5,8-9H2,1H3/t11-,12+/m0/s1. The molecule has 1 heterocycles. The van der Waals surface area contributed by atoms with E-state index in [1.165, 1.54) is 12.7 Å². The van der Waals surface area contributed by atoms with Gasteiger partial charge < -0.3 is 10.1 Å². The average molecular weight is 219 g/mol. The lowest BCUT2D eigenvalue weighted by molar-refractivity contribution is -0.144. The minimum Gasteiger partial charge on any atom is -0.468 e. The van der Waals surface area contributed by atoms with Crippen molar-refractivity contribution in [3.63, 3.8) is 0 Å². The predicted octanol–water partition coefficient (Wildman–Crippen LogP) is 1.70. The van der Waals surface area contributed by atoms with Crippen LogP contribution in [0.5, 0.6) is 0 Å². The maximum Gasteiger partial charge on any atom is 0.323 e. The highest BCUT2D eigenvalue weighted by molar-refractivity contribution is 5.77. The SMILES string of the molecule is COC(=O)[C@@H]1NCCC[C@H]1c1ccccc1. The van der Waals surface area contributed by atoms with Crippen molar-refractivity contribution in [3.8, 4) is 0 Å². The van der Waals surface area contributed by atoms with Gasteiger partial charge in [0.15, 0.2) is 0 Å². The van der Waals surface area contributed by atoms with Crippen molar-refractivity contribution in [2.75, 3.05) is 13.7 Å². The molecule has 0 aliphatic carbocycles. The van der Waals surface area contributed by atoms with Crippen LogP contribution in [0, 0.1) is 0 Å². The van der Waals surface area contributed by atoms with Crippen LogP contribution in [0.15, 0.2) is 30.3 Å². The zero-order valence-corrected chi connectivity index (χ0v) is 9.48. The molecule has 0 bridgehead atoms. The van der Waals surface area contributed by atoms with Crippen molar-refractivity contribution in [1.82, 2.24) is 5.32 Å². The van der Waals surface area contributed by atoms with E-state index in [4.69, 9.17) is 4.74 Å². The Hall–Kier alpha value is -1.35. The van der Waals surface area contributed by atoms with E-state index in [1.807, 2.05) is 18.2 Å². The third-order valence-corrected chi connectivity index (χ3v) is 3.14. The normalized spacial score (nSPS) is 25.1. The Labute approximate surface area is 95.8 Å². The van der Waals surface area contributed by atoms with Gasteiger partial charge in [-0.15, -0.1) is 0 Å². The van der Waals surface area contributed by atoms with Crippen molar-refractivity contribution < 1.29 is 9.53 Å². The van der Waals surface area contributed by atoms with Gasteiger partial charge >= 0.3 is 5.97 Å². The quantitative estimate of drug-likeness (QED) is 0.769. The van der Waals surface area contributed by atoms with Gasteiger partial charge in [0.1, 0.15) is 6.04 Å². The second-order valence-electron chi connectivity index (χ2n) is 4.11. The van der Waals surface area contributed by atoms with Crippen molar-refractivity contribution >= 4 is 5.97 Å². The van der Waals surface area contributed by atoms with Gasteiger partial charge in [-0.2, -0.15) is 0 Å². The molecule has 3 heteroatoms. The number of esters is 1. The van der Waals surface area contributed by atoms with Gasteiger partial charge in [0.25, 0.3) is 0 Å². The third-order valence-electron chi connectivity index (χ3n) is 3.14. The smallest absolute Gasteiger partial charge is 0.323 e. The second-order valence-corrected chi connectivity index (χ2v) is 4.11. The molecule has 1 saturated heterocycles. The molecule has 16 heavy (non-hydrogen) atoms. The molecule has 1 aromatic carbocycles. The number of rotatable bonds is 2. The molecule has 3 nitrogen and oxygen atoms in total. The molecule has 0 unspecified atom stereocenters. The maximum absolute atomic E-state index is 11.7. The first-order valence-corrected chi connectivity index (χ1v) is 5.69. The maximum atomic E-state index is 11.7. The highest BCUT2D eigenvalue weighted by Crippen LogP contribution is 2.28. The summed E-state index contributed by atoms with van der Waals surface area (Å²) in [7, 11) is 1.45. The molecule has 0 amide bonds. The summed E-state index contributed by atoms with van der Waals surface area (Å²) in [6.45, 7) is 0.892. The summed E-state index contributed by atoms with van der Waals surface area (Å²) < 4.78 is 4.84. The van der Waals surface area contributed by atoms with Crippen molar-refractivity contribution in [2.45, 2.75) is 24.8 Å². The molecule has 2 rings (SSSR count). The molecule has 0 spiro atoms. The lowest BCUT2D eigenvalue weighted by Gasteiger charge is -2.30. The Bertz CT molecular complexity index is 350. The van der Waals surface area contributed by atoms with Crippen molar-refractivity contribution in [2.24, 2.45) is 0 Å². The van der Waals surface area contributed by atoms with Crippen LogP contribution in [0.1, 0.15) is 24.3 Å². The average Bonchev–Trinajstić information content (AvgIpc) is 2.39. The molecule has 1 aliphatic heterocycles. The minimum atomic E-state index is -0.193. The highest BCUT2D eigenvalue weighted by atomic mass is 16.5. The van der Waals surface area contributed by atoms with E-state index in [2.05, 4.69) is 17.4 Å². The largest absolute Gasteiger partial charge is 0.468 e. The third kappa shape index (κ3) is 2.25.